The molecule has 0 amide bonds. The van der Waals surface area contributed by atoms with E-state index >= 15 is 0 Å². The van der Waals surface area contributed by atoms with Gasteiger partial charge in [-0.1, -0.05) is 34.1 Å². The van der Waals surface area contributed by atoms with Crippen molar-refractivity contribution in [3.8, 4) is 11.5 Å². The summed E-state index contributed by atoms with van der Waals surface area (Å²) in [7, 11) is 0. The Morgan fingerprint density at radius 3 is 2.52 bits per heavy atom. The highest BCUT2D eigenvalue weighted by Gasteiger charge is 2.10. The number of hydrogen-bond acceptors (Lipinski definition) is 3. The number of phenols is 1. The minimum atomic E-state index is 0.311. The van der Waals surface area contributed by atoms with Crippen molar-refractivity contribution in [3.63, 3.8) is 0 Å². The number of benzene rings is 2. The summed E-state index contributed by atoms with van der Waals surface area (Å²) in [6.45, 7) is 3.84. The maximum Gasteiger partial charge on any atom is 0.138 e. The molecule has 3 nitrogen and oxygen atoms in total. The van der Waals surface area contributed by atoms with Gasteiger partial charge in [-0.2, -0.15) is 0 Å². The third-order valence-corrected chi connectivity index (χ3v) is 4.04. The molecule has 21 heavy (non-hydrogen) atoms. The van der Waals surface area contributed by atoms with Gasteiger partial charge >= 0.3 is 0 Å². The van der Waals surface area contributed by atoms with Gasteiger partial charge in [-0.25, -0.2) is 0 Å². The van der Waals surface area contributed by atoms with E-state index < -0.39 is 0 Å². The molecule has 0 saturated heterocycles. The molecule has 0 heterocycles. The number of ether oxygens (including phenoxy) is 1. The molecule has 0 aromatic heterocycles. The lowest BCUT2D eigenvalue weighted by Gasteiger charge is -2.14. The van der Waals surface area contributed by atoms with Crippen LogP contribution in [-0.2, 0) is 13.1 Å². The molecule has 112 valence electrons. The summed E-state index contributed by atoms with van der Waals surface area (Å²) in [6.07, 6.45) is 0. The third-order valence-electron chi connectivity index (χ3n) is 3.00. The van der Waals surface area contributed by atoms with Gasteiger partial charge in [0.1, 0.15) is 11.5 Å². The van der Waals surface area contributed by atoms with Crippen molar-refractivity contribution in [2.45, 2.75) is 20.0 Å². The minimum Gasteiger partial charge on any atom is -0.508 e. The van der Waals surface area contributed by atoms with Gasteiger partial charge in [0.05, 0.1) is 11.1 Å². The van der Waals surface area contributed by atoms with Crippen molar-refractivity contribution in [1.29, 1.82) is 0 Å². The lowest BCUT2D eigenvalue weighted by Crippen LogP contribution is -2.14. The molecule has 2 aromatic carbocycles. The van der Waals surface area contributed by atoms with Crippen molar-refractivity contribution in [1.82, 2.24) is 5.32 Å². The molecule has 0 fully saturated rings. The average molecular weight is 415 g/mol. The van der Waals surface area contributed by atoms with E-state index in [0.717, 1.165) is 25.8 Å². The van der Waals surface area contributed by atoms with Crippen LogP contribution in [0.15, 0.2) is 45.3 Å². The highest BCUT2D eigenvalue weighted by Crippen LogP contribution is 2.33. The fraction of sp³-hybridized carbons (Fsp3) is 0.250. The first-order valence-electron chi connectivity index (χ1n) is 6.70. The largest absolute Gasteiger partial charge is 0.508 e. The first kappa shape index (κ1) is 16.3. The van der Waals surface area contributed by atoms with E-state index in [1.165, 1.54) is 0 Å². The molecule has 2 rings (SSSR count). The second-order valence-electron chi connectivity index (χ2n) is 4.54. The molecule has 0 bridgehead atoms. The summed E-state index contributed by atoms with van der Waals surface area (Å²) in [6, 6.07) is 11.3. The summed E-state index contributed by atoms with van der Waals surface area (Å²) in [5.41, 5.74) is 1.94. The Hall–Kier alpha value is -1.04. The summed E-state index contributed by atoms with van der Waals surface area (Å²) in [5, 5.41) is 13.1. The molecule has 0 radical (unpaired) electrons. The highest BCUT2D eigenvalue weighted by molar-refractivity contribution is 9.11. The van der Waals surface area contributed by atoms with E-state index in [1.54, 1.807) is 6.07 Å². The standard InChI is InChI=1S/C16H17Br2NO2/c1-2-21-16-12(7-13(17)8-14(16)18)10-19-9-11-5-3-4-6-15(11)20/h3-8,19-20H,2,9-10H2,1H3. The quantitative estimate of drug-likeness (QED) is 0.725. The van der Waals surface area contributed by atoms with Crippen molar-refractivity contribution < 1.29 is 9.84 Å². The Balaban J connectivity index is 2.07. The van der Waals surface area contributed by atoms with Crippen LogP contribution in [0.5, 0.6) is 11.5 Å². The van der Waals surface area contributed by atoms with Crippen LogP contribution in [0, 0.1) is 0 Å². The Labute approximate surface area is 141 Å². The van der Waals surface area contributed by atoms with Gasteiger partial charge in [-0.05, 0) is 41.1 Å². The fourth-order valence-electron chi connectivity index (χ4n) is 2.04. The van der Waals surface area contributed by atoms with E-state index in [-0.39, 0.29) is 0 Å². The first-order valence-corrected chi connectivity index (χ1v) is 8.28. The fourth-order valence-corrected chi connectivity index (χ4v) is 3.47. The second kappa shape index (κ2) is 7.82. The maximum atomic E-state index is 9.76. The summed E-state index contributed by atoms with van der Waals surface area (Å²) < 4.78 is 7.62. The molecule has 0 atom stereocenters. The minimum absolute atomic E-state index is 0.311. The number of para-hydroxylation sites is 1. The molecule has 2 aromatic rings. The van der Waals surface area contributed by atoms with Gasteiger partial charge in [0.2, 0.25) is 0 Å². The van der Waals surface area contributed by atoms with Crippen LogP contribution in [0.4, 0.5) is 0 Å². The Morgan fingerprint density at radius 2 is 1.81 bits per heavy atom. The van der Waals surface area contributed by atoms with Crippen LogP contribution in [0.1, 0.15) is 18.1 Å². The summed E-state index contributed by atoms with van der Waals surface area (Å²) >= 11 is 7.02. The van der Waals surface area contributed by atoms with Crippen LogP contribution < -0.4 is 10.1 Å². The first-order chi connectivity index (χ1) is 10.1. The van der Waals surface area contributed by atoms with Crippen LogP contribution in [0.3, 0.4) is 0 Å². The second-order valence-corrected chi connectivity index (χ2v) is 6.31. The molecular weight excluding hydrogens is 398 g/mol. The van der Waals surface area contributed by atoms with Crippen LogP contribution in [0.25, 0.3) is 0 Å². The lowest BCUT2D eigenvalue weighted by atomic mass is 10.1. The van der Waals surface area contributed by atoms with Gasteiger partial charge in [-0.15, -0.1) is 0 Å². The molecule has 5 heteroatoms. The molecular formula is C16H17Br2NO2. The Morgan fingerprint density at radius 1 is 1.10 bits per heavy atom. The normalized spacial score (nSPS) is 10.6. The zero-order valence-corrected chi connectivity index (χ0v) is 14.9. The van der Waals surface area contributed by atoms with Gasteiger partial charge in [0, 0.05) is 28.7 Å². The molecule has 0 aliphatic carbocycles. The number of nitrogens with one attached hydrogen (secondary N) is 1. The monoisotopic (exact) mass is 413 g/mol. The third kappa shape index (κ3) is 4.46. The number of phenolic OH excluding ortho intramolecular Hbond substituents is 1. The number of aromatic hydroxyl groups is 1. The van der Waals surface area contributed by atoms with Gasteiger partial charge in [-0.3, -0.25) is 0 Å². The summed E-state index contributed by atoms with van der Waals surface area (Å²) in [5.74, 6) is 1.16. The predicted molar refractivity (Wildman–Crippen MR) is 91.7 cm³/mol. The van der Waals surface area contributed by atoms with Crippen LogP contribution in [-0.4, -0.2) is 11.7 Å². The van der Waals surface area contributed by atoms with Gasteiger partial charge < -0.3 is 15.2 Å². The molecule has 0 unspecified atom stereocenters. The van der Waals surface area contributed by atoms with E-state index in [9.17, 15) is 5.11 Å². The number of rotatable bonds is 6. The zero-order valence-electron chi connectivity index (χ0n) is 11.7. The average Bonchev–Trinajstić information content (AvgIpc) is 2.44. The number of halogens is 2. The molecule has 0 aliphatic rings. The molecule has 0 saturated carbocycles. The molecule has 0 aliphatic heterocycles. The lowest BCUT2D eigenvalue weighted by molar-refractivity contribution is 0.333. The van der Waals surface area contributed by atoms with Crippen LogP contribution in [0.2, 0.25) is 0 Å². The number of hydrogen-bond donors (Lipinski definition) is 2. The van der Waals surface area contributed by atoms with E-state index in [2.05, 4.69) is 37.2 Å². The van der Waals surface area contributed by atoms with Gasteiger partial charge in [0.15, 0.2) is 0 Å². The SMILES string of the molecule is CCOc1c(Br)cc(Br)cc1CNCc1ccccc1O. The van der Waals surface area contributed by atoms with Crippen molar-refractivity contribution in [2.75, 3.05) is 6.61 Å². The molecule has 2 N–H and O–H groups in total. The summed E-state index contributed by atoms with van der Waals surface area (Å²) in [4.78, 5) is 0. The molecule has 0 spiro atoms. The Kier molecular flexibility index (Phi) is 6.08. The predicted octanol–water partition coefficient (Wildman–Crippen LogP) is 4.61. The van der Waals surface area contributed by atoms with Crippen molar-refractivity contribution >= 4 is 31.9 Å². The van der Waals surface area contributed by atoms with Crippen molar-refractivity contribution in [2.24, 2.45) is 0 Å². The Bertz CT molecular complexity index is 617. The van der Waals surface area contributed by atoms with Crippen LogP contribution >= 0.6 is 31.9 Å². The van der Waals surface area contributed by atoms with E-state index in [1.807, 2.05) is 37.3 Å². The van der Waals surface area contributed by atoms with Crippen molar-refractivity contribution in [3.05, 3.63) is 56.5 Å². The zero-order chi connectivity index (χ0) is 15.2. The van der Waals surface area contributed by atoms with Gasteiger partial charge in [0.25, 0.3) is 0 Å². The smallest absolute Gasteiger partial charge is 0.138 e. The van der Waals surface area contributed by atoms with E-state index in [0.29, 0.717) is 25.4 Å². The highest BCUT2D eigenvalue weighted by atomic mass is 79.9. The van der Waals surface area contributed by atoms with E-state index in [4.69, 9.17) is 4.74 Å². The maximum absolute atomic E-state index is 9.76. The topological polar surface area (TPSA) is 41.5 Å².